The third-order valence-corrected chi connectivity index (χ3v) is 2.58. The zero-order valence-electron chi connectivity index (χ0n) is 9.42. The highest BCUT2D eigenvalue weighted by Crippen LogP contribution is 2.20. The van der Waals surface area contributed by atoms with Gasteiger partial charge >= 0.3 is 0 Å². The van der Waals surface area contributed by atoms with E-state index in [0.29, 0.717) is 12.1 Å². The summed E-state index contributed by atoms with van der Waals surface area (Å²) in [5.41, 5.74) is 1.35. The van der Waals surface area contributed by atoms with Crippen LogP contribution in [0.4, 0.5) is 0 Å². The molecule has 1 amide bonds. The average Bonchev–Trinajstić information content (AvgIpc) is 2.39. The molecule has 0 N–H and O–H groups in total. The molecule has 1 aromatic heterocycles. The van der Waals surface area contributed by atoms with E-state index < -0.39 is 0 Å². The SMILES string of the molecule is CN(C=O)Cc1ncc(C#N)c2ccccc12. The van der Waals surface area contributed by atoms with Crippen LogP contribution in [0.1, 0.15) is 11.3 Å². The number of amides is 1. The number of aromatic nitrogens is 1. The number of pyridine rings is 1. The number of fused-ring (bicyclic) bond motifs is 1. The molecule has 0 atom stereocenters. The van der Waals surface area contributed by atoms with Gasteiger partial charge in [-0.2, -0.15) is 5.26 Å². The van der Waals surface area contributed by atoms with E-state index in [0.717, 1.165) is 22.9 Å². The van der Waals surface area contributed by atoms with Gasteiger partial charge in [0.2, 0.25) is 6.41 Å². The molecular weight excluding hydrogens is 214 g/mol. The van der Waals surface area contributed by atoms with Crippen molar-refractivity contribution in [2.45, 2.75) is 6.54 Å². The summed E-state index contributed by atoms with van der Waals surface area (Å²) >= 11 is 0. The molecule has 2 rings (SSSR count). The molecule has 1 heterocycles. The molecule has 4 nitrogen and oxygen atoms in total. The van der Waals surface area contributed by atoms with Gasteiger partial charge in [0.1, 0.15) is 6.07 Å². The summed E-state index contributed by atoms with van der Waals surface area (Å²) in [6.45, 7) is 0.440. The first-order valence-corrected chi connectivity index (χ1v) is 5.18. The fourth-order valence-electron chi connectivity index (χ4n) is 1.74. The number of rotatable bonds is 3. The van der Waals surface area contributed by atoms with Crippen LogP contribution in [0.25, 0.3) is 10.8 Å². The second kappa shape index (κ2) is 4.62. The highest BCUT2D eigenvalue weighted by atomic mass is 16.1. The van der Waals surface area contributed by atoms with Gasteiger partial charge in [-0.1, -0.05) is 24.3 Å². The van der Waals surface area contributed by atoms with Crippen molar-refractivity contribution < 1.29 is 4.79 Å². The lowest BCUT2D eigenvalue weighted by Gasteiger charge is -2.12. The molecule has 0 aliphatic rings. The summed E-state index contributed by atoms with van der Waals surface area (Å²) < 4.78 is 0. The molecule has 1 aromatic carbocycles. The number of carbonyl (C=O) groups is 1. The smallest absolute Gasteiger partial charge is 0.209 e. The normalized spacial score (nSPS) is 9.88. The van der Waals surface area contributed by atoms with Gasteiger partial charge < -0.3 is 4.90 Å². The summed E-state index contributed by atoms with van der Waals surface area (Å²) in [6.07, 6.45) is 2.31. The maximum Gasteiger partial charge on any atom is 0.209 e. The quantitative estimate of drug-likeness (QED) is 0.747. The molecule has 0 aliphatic heterocycles. The third-order valence-electron chi connectivity index (χ3n) is 2.58. The third kappa shape index (κ3) is 2.08. The molecule has 0 aliphatic carbocycles. The molecule has 4 heteroatoms. The fourth-order valence-corrected chi connectivity index (χ4v) is 1.74. The summed E-state index contributed by atoms with van der Waals surface area (Å²) in [7, 11) is 1.70. The van der Waals surface area contributed by atoms with Crippen molar-refractivity contribution in [3.8, 4) is 6.07 Å². The molecule has 2 aromatic rings. The second-order valence-electron chi connectivity index (χ2n) is 3.80. The minimum atomic E-state index is 0.440. The van der Waals surface area contributed by atoms with Crippen LogP contribution >= 0.6 is 0 Å². The highest BCUT2D eigenvalue weighted by molar-refractivity contribution is 5.89. The van der Waals surface area contributed by atoms with Gasteiger partial charge in [0.05, 0.1) is 17.8 Å². The molecule has 0 saturated carbocycles. The number of hydrogen-bond donors (Lipinski definition) is 0. The van der Waals surface area contributed by atoms with E-state index in [4.69, 9.17) is 5.26 Å². The number of carbonyl (C=O) groups excluding carboxylic acids is 1. The van der Waals surface area contributed by atoms with Gasteiger partial charge in [0.15, 0.2) is 0 Å². The van der Waals surface area contributed by atoms with Crippen LogP contribution in [0.2, 0.25) is 0 Å². The van der Waals surface area contributed by atoms with Gasteiger partial charge in [0, 0.05) is 24.0 Å². The first-order valence-electron chi connectivity index (χ1n) is 5.18. The van der Waals surface area contributed by atoms with Crippen LogP contribution in [0, 0.1) is 11.3 Å². The summed E-state index contributed by atoms with van der Waals surface area (Å²) in [5.74, 6) is 0. The predicted octanol–water partition coefficient (Wildman–Crippen LogP) is 1.69. The molecule has 0 fully saturated rings. The van der Waals surface area contributed by atoms with E-state index in [1.54, 1.807) is 13.2 Å². The largest absolute Gasteiger partial charge is 0.342 e. The highest BCUT2D eigenvalue weighted by Gasteiger charge is 2.07. The van der Waals surface area contributed by atoms with Crippen molar-refractivity contribution in [1.82, 2.24) is 9.88 Å². The van der Waals surface area contributed by atoms with Crippen molar-refractivity contribution in [2.75, 3.05) is 7.05 Å². The van der Waals surface area contributed by atoms with E-state index in [1.165, 1.54) is 4.90 Å². The minimum Gasteiger partial charge on any atom is -0.342 e. The fraction of sp³-hybridized carbons (Fsp3) is 0.154. The van der Waals surface area contributed by atoms with E-state index >= 15 is 0 Å². The Labute approximate surface area is 99.1 Å². The van der Waals surface area contributed by atoms with Crippen molar-refractivity contribution in [3.05, 3.63) is 41.7 Å². The molecule has 0 spiro atoms. The Hall–Kier alpha value is -2.41. The van der Waals surface area contributed by atoms with Gasteiger partial charge in [0.25, 0.3) is 0 Å². The zero-order chi connectivity index (χ0) is 12.3. The lowest BCUT2D eigenvalue weighted by molar-refractivity contribution is -0.117. The maximum atomic E-state index is 10.6. The van der Waals surface area contributed by atoms with Crippen molar-refractivity contribution in [2.24, 2.45) is 0 Å². The molecule has 0 bridgehead atoms. The monoisotopic (exact) mass is 225 g/mol. The van der Waals surface area contributed by atoms with Crippen LogP contribution in [0.5, 0.6) is 0 Å². The molecular formula is C13H11N3O. The Bertz CT molecular complexity index is 601. The average molecular weight is 225 g/mol. The lowest BCUT2D eigenvalue weighted by Crippen LogP contribution is -2.16. The Morgan fingerprint density at radius 2 is 2.12 bits per heavy atom. The van der Waals surface area contributed by atoms with Crippen LogP contribution in [0.15, 0.2) is 30.5 Å². The van der Waals surface area contributed by atoms with E-state index in [1.807, 2.05) is 24.3 Å². The topological polar surface area (TPSA) is 57.0 Å². The second-order valence-corrected chi connectivity index (χ2v) is 3.80. The zero-order valence-corrected chi connectivity index (χ0v) is 9.42. The Morgan fingerprint density at radius 1 is 1.41 bits per heavy atom. The number of benzene rings is 1. The summed E-state index contributed by atoms with van der Waals surface area (Å²) in [5, 5.41) is 10.8. The molecule has 84 valence electrons. The summed E-state index contributed by atoms with van der Waals surface area (Å²) in [6, 6.07) is 9.71. The molecule has 0 saturated heterocycles. The van der Waals surface area contributed by atoms with Crippen LogP contribution < -0.4 is 0 Å². The van der Waals surface area contributed by atoms with E-state index in [-0.39, 0.29) is 0 Å². The molecule has 0 unspecified atom stereocenters. The van der Waals surface area contributed by atoms with E-state index in [9.17, 15) is 4.79 Å². The van der Waals surface area contributed by atoms with Gasteiger partial charge in [-0.25, -0.2) is 0 Å². The first-order chi connectivity index (χ1) is 8.26. The van der Waals surface area contributed by atoms with Gasteiger partial charge in [-0.15, -0.1) is 0 Å². The Kier molecular flexibility index (Phi) is 3.01. The van der Waals surface area contributed by atoms with Crippen LogP contribution in [-0.2, 0) is 11.3 Å². The first kappa shape index (κ1) is 11.1. The van der Waals surface area contributed by atoms with Crippen molar-refractivity contribution >= 4 is 17.2 Å². The maximum absolute atomic E-state index is 10.6. The minimum absolute atomic E-state index is 0.440. The predicted molar refractivity (Wildman–Crippen MR) is 64.0 cm³/mol. The van der Waals surface area contributed by atoms with Gasteiger partial charge in [-0.05, 0) is 0 Å². The standard InChI is InChI=1S/C13H11N3O/c1-16(9-17)8-13-12-5-3-2-4-11(12)10(6-14)7-15-13/h2-5,7,9H,8H2,1H3. The van der Waals surface area contributed by atoms with Crippen LogP contribution in [-0.4, -0.2) is 23.3 Å². The van der Waals surface area contributed by atoms with Crippen molar-refractivity contribution in [1.29, 1.82) is 5.26 Å². The number of nitrogens with zero attached hydrogens (tertiary/aromatic N) is 3. The Morgan fingerprint density at radius 3 is 2.76 bits per heavy atom. The Balaban J connectivity index is 2.59. The van der Waals surface area contributed by atoms with Crippen LogP contribution in [0.3, 0.4) is 0 Å². The number of nitriles is 1. The van der Waals surface area contributed by atoms with Gasteiger partial charge in [-0.3, -0.25) is 9.78 Å². The number of hydrogen-bond acceptors (Lipinski definition) is 3. The molecule has 17 heavy (non-hydrogen) atoms. The summed E-state index contributed by atoms with van der Waals surface area (Å²) in [4.78, 5) is 16.4. The molecule has 0 radical (unpaired) electrons. The van der Waals surface area contributed by atoms with Crippen molar-refractivity contribution in [3.63, 3.8) is 0 Å². The lowest BCUT2D eigenvalue weighted by atomic mass is 10.1. The van der Waals surface area contributed by atoms with E-state index in [2.05, 4.69) is 11.1 Å².